The number of nitrogens with one attached hydrogen (secondary N) is 1. The topological polar surface area (TPSA) is 244 Å². The Kier molecular flexibility index (Phi) is 8.40. The maximum Gasteiger partial charge on any atom is 0.394 e. The Bertz CT molecular complexity index is 965. The Balaban J connectivity index is 0.000000614. The lowest BCUT2D eigenvalue weighted by Gasteiger charge is -2.22. The van der Waals surface area contributed by atoms with Gasteiger partial charge in [-0.05, 0) is 7.05 Å². The van der Waals surface area contributed by atoms with Crippen LogP contribution in [0.1, 0.15) is 6.23 Å². The minimum atomic E-state index is -4.67. The summed E-state index contributed by atoms with van der Waals surface area (Å²) in [5.41, 5.74) is 6.65. The van der Waals surface area contributed by atoms with Crippen molar-refractivity contribution >= 4 is 33.3 Å². The summed E-state index contributed by atoms with van der Waals surface area (Å²) in [7, 11) is -1.15. The number of rotatable bonds is 7. The fourth-order valence-electron chi connectivity index (χ4n) is 3.04. The first kappa shape index (κ1) is 25.0. The first-order valence-electron chi connectivity index (χ1n) is 8.85. The Morgan fingerprint density at radius 2 is 1.97 bits per heavy atom. The Morgan fingerprint density at radius 1 is 1.32 bits per heavy atom. The third kappa shape index (κ3) is 6.38. The van der Waals surface area contributed by atoms with Gasteiger partial charge in [0.2, 0.25) is 5.95 Å². The number of anilines is 2. The second-order valence-electron chi connectivity index (χ2n) is 6.61. The molecular formula is C14H26N8O8S. The van der Waals surface area contributed by atoms with Gasteiger partial charge in [0, 0.05) is 20.1 Å². The van der Waals surface area contributed by atoms with E-state index in [0.29, 0.717) is 36.8 Å². The predicted molar refractivity (Wildman–Crippen MR) is 107 cm³/mol. The largest absolute Gasteiger partial charge is 0.394 e. The van der Waals surface area contributed by atoms with E-state index in [1.807, 2.05) is 11.9 Å². The summed E-state index contributed by atoms with van der Waals surface area (Å²) in [5, 5.41) is 23.9. The van der Waals surface area contributed by atoms with E-state index in [9.17, 15) is 10.2 Å². The van der Waals surface area contributed by atoms with Gasteiger partial charge in [-0.2, -0.15) is 8.42 Å². The lowest BCUT2D eigenvalue weighted by Crippen LogP contribution is -2.39. The molecule has 0 saturated carbocycles. The molecule has 0 spiro atoms. The molecule has 2 aromatic heterocycles. The summed E-state index contributed by atoms with van der Waals surface area (Å²) in [6, 6.07) is 0. The van der Waals surface area contributed by atoms with Crippen LogP contribution < -0.4 is 16.9 Å². The third-order valence-corrected chi connectivity index (χ3v) is 4.40. The van der Waals surface area contributed by atoms with Crippen LogP contribution in [-0.4, -0.2) is 104 Å². The van der Waals surface area contributed by atoms with Crippen molar-refractivity contribution in [2.75, 3.05) is 44.8 Å². The molecule has 0 bridgehead atoms. The SMILES string of the molecule is CNc1nc2c(N)ncnc2n1[C@@H]1O[C@H](CN(C)CCON)C(O)C1O.O=S(=O)(O)O. The Labute approximate surface area is 177 Å². The first-order chi connectivity index (χ1) is 14.5. The number of nitrogens with two attached hydrogens (primary N) is 2. The van der Waals surface area contributed by atoms with Crippen molar-refractivity contribution in [1.82, 2.24) is 24.4 Å². The van der Waals surface area contributed by atoms with Crippen molar-refractivity contribution in [3.63, 3.8) is 0 Å². The molecule has 176 valence electrons. The van der Waals surface area contributed by atoms with Crippen LogP contribution in [0.5, 0.6) is 0 Å². The van der Waals surface area contributed by atoms with Crippen molar-refractivity contribution in [2.45, 2.75) is 24.5 Å². The summed E-state index contributed by atoms with van der Waals surface area (Å²) in [4.78, 5) is 18.9. The molecular weight excluding hydrogens is 440 g/mol. The molecule has 2 aromatic rings. The molecule has 1 fully saturated rings. The lowest BCUT2D eigenvalue weighted by atomic mass is 10.1. The highest BCUT2D eigenvalue weighted by Crippen LogP contribution is 2.35. The second kappa shape index (κ2) is 10.4. The van der Waals surface area contributed by atoms with E-state index < -0.39 is 34.9 Å². The second-order valence-corrected chi connectivity index (χ2v) is 7.51. The van der Waals surface area contributed by atoms with E-state index in [0.717, 1.165) is 0 Å². The number of aliphatic hydroxyl groups is 2. The number of hydrogen-bond donors (Lipinski definition) is 7. The molecule has 9 N–H and O–H groups in total. The molecule has 0 amide bonds. The minimum Gasteiger partial charge on any atom is -0.387 e. The number of aromatic nitrogens is 4. The van der Waals surface area contributed by atoms with Crippen molar-refractivity contribution < 1.29 is 37.3 Å². The molecule has 1 saturated heterocycles. The maximum absolute atomic E-state index is 10.5. The molecule has 17 heteroatoms. The Morgan fingerprint density at radius 3 is 2.55 bits per heavy atom. The molecule has 0 aromatic carbocycles. The molecule has 16 nitrogen and oxygen atoms in total. The van der Waals surface area contributed by atoms with Gasteiger partial charge in [-0.1, -0.05) is 0 Å². The van der Waals surface area contributed by atoms with E-state index in [1.165, 1.54) is 6.33 Å². The zero-order chi connectivity index (χ0) is 23.3. The van der Waals surface area contributed by atoms with Gasteiger partial charge in [0.15, 0.2) is 23.2 Å². The molecule has 1 aliphatic rings. The zero-order valence-corrected chi connectivity index (χ0v) is 17.5. The van der Waals surface area contributed by atoms with Gasteiger partial charge in [0.25, 0.3) is 0 Å². The van der Waals surface area contributed by atoms with E-state index in [2.05, 4.69) is 25.1 Å². The number of imidazole rings is 1. The van der Waals surface area contributed by atoms with Gasteiger partial charge in [-0.25, -0.2) is 20.8 Å². The first-order valence-corrected chi connectivity index (χ1v) is 10.3. The fraction of sp³-hybridized carbons (Fsp3) is 0.643. The van der Waals surface area contributed by atoms with Crippen LogP contribution in [-0.2, 0) is 20.0 Å². The number of likely N-dealkylation sites (N-methyl/N-ethyl adjacent to an activating group) is 1. The molecule has 1 aliphatic heterocycles. The van der Waals surface area contributed by atoms with Gasteiger partial charge < -0.3 is 35.7 Å². The van der Waals surface area contributed by atoms with Crippen LogP contribution in [0.4, 0.5) is 11.8 Å². The van der Waals surface area contributed by atoms with Crippen LogP contribution in [0, 0.1) is 0 Å². The molecule has 31 heavy (non-hydrogen) atoms. The van der Waals surface area contributed by atoms with Crippen LogP contribution in [0.15, 0.2) is 6.33 Å². The highest BCUT2D eigenvalue weighted by atomic mass is 32.3. The van der Waals surface area contributed by atoms with Crippen LogP contribution in [0.25, 0.3) is 11.2 Å². The van der Waals surface area contributed by atoms with E-state index in [-0.39, 0.29) is 5.82 Å². The van der Waals surface area contributed by atoms with Gasteiger partial charge in [0.1, 0.15) is 24.6 Å². The van der Waals surface area contributed by atoms with Gasteiger partial charge in [-0.3, -0.25) is 13.7 Å². The molecule has 2 unspecified atom stereocenters. The molecule has 3 heterocycles. The van der Waals surface area contributed by atoms with E-state index in [4.69, 9.17) is 33.9 Å². The number of ether oxygens (including phenoxy) is 1. The smallest absolute Gasteiger partial charge is 0.387 e. The highest BCUT2D eigenvalue weighted by Gasteiger charge is 2.45. The van der Waals surface area contributed by atoms with E-state index in [1.54, 1.807) is 11.6 Å². The van der Waals surface area contributed by atoms with Crippen molar-refractivity contribution in [2.24, 2.45) is 5.90 Å². The normalized spacial score (nSPS) is 23.7. The lowest BCUT2D eigenvalue weighted by molar-refractivity contribution is -0.0425. The average molecular weight is 466 g/mol. The number of fused-ring (bicyclic) bond motifs is 1. The average Bonchev–Trinajstić information content (AvgIpc) is 3.18. The zero-order valence-electron chi connectivity index (χ0n) is 16.7. The molecule has 3 rings (SSSR count). The quantitative estimate of drug-likeness (QED) is 0.161. The summed E-state index contributed by atoms with van der Waals surface area (Å²) in [5.74, 6) is 5.65. The number of nitrogens with zero attached hydrogens (tertiary/aromatic N) is 5. The number of hydrogen-bond acceptors (Lipinski definition) is 13. The molecule has 0 radical (unpaired) electrons. The van der Waals surface area contributed by atoms with Crippen LogP contribution >= 0.6 is 0 Å². The third-order valence-electron chi connectivity index (χ3n) is 4.40. The summed E-state index contributed by atoms with van der Waals surface area (Å²) < 4.78 is 39.1. The van der Waals surface area contributed by atoms with Crippen molar-refractivity contribution in [3.05, 3.63) is 6.33 Å². The highest BCUT2D eigenvalue weighted by molar-refractivity contribution is 7.79. The molecule has 4 atom stereocenters. The summed E-state index contributed by atoms with van der Waals surface area (Å²) in [6.45, 7) is 1.29. The van der Waals surface area contributed by atoms with Crippen LogP contribution in [0.2, 0.25) is 0 Å². The fourth-order valence-corrected chi connectivity index (χ4v) is 3.04. The van der Waals surface area contributed by atoms with Crippen molar-refractivity contribution in [3.8, 4) is 0 Å². The Hall–Kier alpha value is -2.22. The monoisotopic (exact) mass is 466 g/mol. The van der Waals surface area contributed by atoms with Crippen LogP contribution in [0.3, 0.4) is 0 Å². The molecule has 0 aliphatic carbocycles. The van der Waals surface area contributed by atoms with Crippen molar-refractivity contribution in [1.29, 1.82) is 0 Å². The van der Waals surface area contributed by atoms with E-state index >= 15 is 0 Å². The summed E-state index contributed by atoms with van der Waals surface area (Å²) in [6.07, 6.45) is -2.43. The summed E-state index contributed by atoms with van der Waals surface area (Å²) >= 11 is 0. The van der Waals surface area contributed by atoms with Gasteiger partial charge >= 0.3 is 10.4 Å². The number of nitrogen functional groups attached to an aromatic ring is 1. The van der Waals surface area contributed by atoms with Gasteiger partial charge in [-0.15, -0.1) is 0 Å². The standard InChI is InChI=1S/C14H24N8O4.H2O4S/c1-17-14-20-8-11(15)18-6-19-12(8)22(14)13-10(24)9(23)7(26-13)5-21(2)3-4-25-16;1-5(2,3)4/h6-7,9-10,13,23-24H,3-5,16H2,1-2H3,(H,17,20)(H2,15,18,19);(H2,1,2,3,4)/t7-,9?,10?,13-;/m1./s1. The van der Waals surface area contributed by atoms with Gasteiger partial charge in [0.05, 0.1) is 6.61 Å². The maximum atomic E-state index is 10.5. The predicted octanol–water partition coefficient (Wildman–Crippen LogP) is -2.76. The number of aliphatic hydroxyl groups excluding tert-OH is 2. The minimum absolute atomic E-state index is 0.219.